The number of hydrogen-bond donors (Lipinski definition) is 1. The van der Waals surface area contributed by atoms with E-state index in [4.69, 9.17) is 0 Å². The summed E-state index contributed by atoms with van der Waals surface area (Å²) in [5.41, 5.74) is -0.264. The Kier molecular flexibility index (Phi) is 4.25. The monoisotopic (exact) mass is 333 g/mol. The number of nitrogens with zero attached hydrogens (tertiary/aromatic N) is 4. The molecule has 0 amide bonds. The largest absolute Gasteiger partial charge is 0.416 e. The summed E-state index contributed by atoms with van der Waals surface area (Å²) in [7, 11) is 0. The minimum Gasteiger partial charge on any atom is -0.368 e. The highest BCUT2D eigenvalue weighted by molar-refractivity contribution is 5.61. The van der Waals surface area contributed by atoms with Crippen LogP contribution in [-0.2, 0) is 6.18 Å². The maximum atomic E-state index is 12.8. The Bertz CT molecular complexity index is 755. The lowest BCUT2D eigenvalue weighted by Crippen LogP contribution is -2.27. The van der Waals surface area contributed by atoms with Crippen LogP contribution < -0.4 is 10.2 Å². The zero-order valence-electron chi connectivity index (χ0n) is 12.6. The lowest BCUT2D eigenvalue weighted by molar-refractivity contribution is -0.137. The Morgan fingerprint density at radius 2 is 2.00 bits per heavy atom. The highest BCUT2D eigenvalue weighted by Crippen LogP contribution is 2.33. The van der Waals surface area contributed by atoms with Crippen LogP contribution in [0, 0.1) is 11.3 Å². The molecule has 1 atom stereocenters. The third-order valence-electron chi connectivity index (χ3n) is 3.87. The van der Waals surface area contributed by atoms with Gasteiger partial charge in [-0.15, -0.1) is 0 Å². The van der Waals surface area contributed by atoms with Gasteiger partial charge in [0, 0.05) is 31.5 Å². The van der Waals surface area contributed by atoms with Gasteiger partial charge in [0.25, 0.3) is 0 Å². The highest BCUT2D eigenvalue weighted by Gasteiger charge is 2.32. The van der Waals surface area contributed by atoms with Gasteiger partial charge in [-0.2, -0.15) is 18.4 Å². The molecule has 124 valence electrons. The van der Waals surface area contributed by atoms with Crippen LogP contribution in [-0.4, -0.2) is 29.1 Å². The van der Waals surface area contributed by atoms with E-state index in [1.807, 2.05) is 11.0 Å². The summed E-state index contributed by atoms with van der Waals surface area (Å²) in [6.45, 7) is 1.21. The van der Waals surface area contributed by atoms with Crippen molar-refractivity contribution in [3.05, 3.63) is 47.8 Å². The molecule has 0 radical (unpaired) electrons. The number of nitriles is 1. The van der Waals surface area contributed by atoms with Crippen LogP contribution in [0.1, 0.15) is 17.5 Å². The molecule has 0 aliphatic carbocycles. The molecule has 5 nitrogen and oxygen atoms in total. The zero-order chi connectivity index (χ0) is 17.2. The van der Waals surface area contributed by atoms with Crippen molar-refractivity contribution in [2.24, 2.45) is 0 Å². The van der Waals surface area contributed by atoms with Crippen LogP contribution in [0.15, 0.2) is 36.7 Å². The zero-order valence-corrected chi connectivity index (χ0v) is 12.6. The third-order valence-corrected chi connectivity index (χ3v) is 3.87. The Hall–Kier alpha value is -2.82. The summed E-state index contributed by atoms with van der Waals surface area (Å²) in [4.78, 5) is 10.1. The molecule has 2 aromatic rings. The molecule has 1 aromatic heterocycles. The molecule has 0 spiro atoms. The average molecular weight is 333 g/mol. The maximum absolute atomic E-state index is 12.8. The topological polar surface area (TPSA) is 64.8 Å². The number of benzene rings is 1. The van der Waals surface area contributed by atoms with E-state index in [-0.39, 0.29) is 11.6 Å². The van der Waals surface area contributed by atoms with Gasteiger partial charge in [0.2, 0.25) is 5.95 Å². The van der Waals surface area contributed by atoms with Gasteiger partial charge in [0.05, 0.1) is 16.8 Å². The van der Waals surface area contributed by atoms with E-state index < -0.39 is 11.7 Å². The quantitative estimate of drug-likeness (QED) is 0.935. The van der Waals surface area contributed by atoms with Gasteiger partial charge in [-0.1, -0.05) is 0 Å². The number of hydrogen-bond acceptors (Lipinski definition) is 5. The van der Waals surface area contributed by atoms with Gasteiger partial charge in [-0.05, 0) is 30.7 Å². The molecule has 24 heavy (non-hydrogen) atoms. The molecule has 1 N–H and O–H groups in total. The molecule has 1 aromatic carbocycles. The summed E-state index contributed by atoms with van der Waals surface area (Å²) in [5, 5.41) is 12.4. The SMILES string of the molecule is N#Cc1cc(C(F)(F)F)ccc1N1CCC(Nc2ncccn2)C1. The second-order valence-electron chi connectivity index (χ2n) is 5.49. The number of anilines is 2. The molecule has 0 bridgehead atoms. The van der Waals surface area contributed by atoms with Crippen molar-refractivity contribution < 1.29 is 13.2 Å². The molecular formula is C16H14F3N5. The summed E-state index contributed by atoms with van der Waals surface area (Å²) in [6.07, 6.45) is -0.411. The van der Waals surface area contributed by atoms with Gasteiger partial charge in [-0.3, -0.25) is 0 Å². The van der Waals surface area contributed by atoms with Crippen LogP contribution in [0.3, 0.4) is 0 Å². The van der Waals surface area contributed by atoms with E-state index in [0.29, 0.717) is 24.7 Å². The number of nitrogens with one attached hydrogen (secondary N) is 1. The molecule has 1 unspecified atom stereocenters. The molecule has 1 aliphatic rings. The highest BCUT2D eigenvalue weighted by atomic mass is 19.4. The van der Waals surface area contributed by atoms with Crippen molar-refractivity contribution >= 4 is 11.6 Å². The Morgan fingerprint density at radius 1 is 1.25 bits per heavy atom. The fourth-order valence-corrected chi connectivity index (χ4v) is 2.73. The molecule has 1 saturated heterocycles. The standard InChI is InChI=1S/C16H14F3N5/c17-16(18,19)12-2-3-14(11(8-12)9-20)24-7-4-13(10-24)23-15-21-5-1-6-22-15/h1-3,5-6,8,13H,4,7,10H2,(H,21,22,23). The maximum Gasteiger partial charge on any atom is 0.416 e. The van der Waals surface area contributed by atoms with Crippen LogP contribution in [0.4, 0.5) is 24.8 Å². The molecule has 8 heteroatoms. The smallest absolute Gasteiger partial charge is 0.368 e. The Balaban J connectivity index is 1.75. The lowest BCUT2D eigenvalue weighted by Gasteiger charge is -2.21. The second kappa shape index (κ2) is 6.35. The average Bonchev–Trinajstić information content (AvgIpc) is 3.02. The van der Waals surface area contributed by atoms with Crippen molar-refractivity contribution in [2.75, 3.05) is 23.3 Å². The van der Waals surface area contributed by atoms with Gasteiger partial charge in [0.1, 0.15) is 6.07 Å². The van der Waals surface area contributed by atoms with Crippen LogP contribution in [0.25, 0.3) is 0 Å². The fraction of sp³-hybridized carbons (Fsp3) is 0.312. The van der Waals surface area contributed by atoms with E-state index in [1.54, 1.807) is 18.5 Å². The number of alkyl halides is 3. The first-order valence-electron chi connectivity index (χ1n) is 7.37. The van der Waals surface area contributed by atoms with Crippen LogP contribution >= 0.6 is 0 Å². The van der Waals surface area contributed by atoms with Crippen molar-refractivity contribution in [3.8, 4) is 6.07 Å². The molecule has 1 aliphatic heterocycles. The van der Waals surface area contributed by atoms with Gasteiger partial charge in [-0.25, -0.2) is 9.97 Å². The van der Waals surface area contributed by atoms with E-state index in [9.17, 15) is 18.4 Å². The van der Waals surface area contributed by atoms with Crippen molar-refractivity contribution in [1.82, 2.24) is 9.97 Å². The van der Waals surface area contributed by atoms with Crippen molar-refractivity contribution in [1.29, 1.82) is 5.26 Å². The van der Waals surface area contributed by atoms with E-state index >= 15 is 0 Å². The Morgan fingerprint density at radius 3 is 2.67 bits per heavy atom. The number of aromatic nitrogens is 2. The molecule has 3 rings (SSSR count). The minimum atomic E-state index is -4.45. The van der Waals surface area contributed by atoms with Crippen LogP contribution in [0.5, 0.6) is 0 Å². The third kappa shape index (κ3) is 3.40. The first kappa shape index (κ1) is 16.1. The van der Waals surface area contributed by atoms with Crippen molar-refractivity contribution in [2.45, 2.75) is 18.6 Å². The minimum absolute atomic E-state index is 0.0291. The fourth-order valence-electron chi connectivity index (χ4n) is 2.73. The summed E-state index contributed by atoms with van der Waals surface area (Å²) >= 11 is 0. The lowest BCUT2D eigenvalue weighted by atomic mass is 10.1. The molecule has 0 saturated carbocycles. The summed E-state index contributed by atoms with van der Waals surface area (Å²) < 4.78 is 38.3. The van der Waals surface area contributed by atoms with E-state index in [2.05, 4.69) is 15.3 Å². The molecular weight excluding hydrogens is 319 g/mol. The van der Waals surface area contributed by atoms with Crippen LogP contribution in [0.2, 0.25) is 0 Å². The van der Waals surface area contributed by atoms with Gasteiger partial charge >= 0.3 is 6.18 Å². The first-order valence-corrected chi connectivity index (χ1v) is 7.37. The summed E-state index contributed by atoms with van der Waals surface area (Å²) in [5.74, 6) is 0.511. The summed E-state index contributed by atoms with van der Waals surface area (Å²) in [6, 6.07) is 6.92. The molecule has 2 heterocycles. The normalized spacial score (nSPS) is 17.6. The number of halogens is 3. The number of rotatable bonds is 3. The van der Waals surface area contributed by atoms with E-state index in [0.717, 1.165) is 18.6 Å². The predicted octanol–water partition coefficient (Wildman–Crippen LogP) is 3.06. The van der Waals surface area contributed by atoms with Gasteiger partial charge in [0.15, 0.2) is 0 Å². The Labute approximate surface area is 136 Å². The second-order valence-corrected chi connectivity index (χ2v) is 5.49. The first-order chi connectivity index (χ1) is 11.5. The molecule has 1 fully saturated rings. The van der Waals surface area contributed by atoms with E-state index in [1.165, 1.54) is 6.07 Å². The van der Waals surface area contributed by atoms with Crippen molar-refractivity contribution in [3.63, 3.8) is 0 Å². The van der Waals surface area contributed by atoms with Gasteiger partial charge < -0.3 is 10.2 Å². The predicted molar refractivity (Wildman–Crippen MR) is 82.4 cm³/mol.